The molecule has 0 spiro atoms. The van der Waals surface area contributed by atoms with E-state index in [2.05, 4.69) is 30.7 Å². The fourth-order valence-corrected chi connectivity index (χ4v) is 1.92. The van der Waals surface area contributed by atoms with E-state index in [0.717, 1.165) is 26.3 Å². The van der Waals surface area contributed by atoms with Gasteiger partial charge in [0.25, 0.3) is 0 Å². The third kappa shape index (κ3) is 4.96. The number of likely N-dealkylation sites (N-methyl/N-ethyl adjacent to an activating group) is 1. The summed E-state index contributed by atoms with van der Waals surface area (Å²) < 4.78 is 5.70. The minimum atomic E-state index is 0.597. The van der Waals surface area contributed by atoms with Crippen LogP contribution < -0.4 is 0 Å². The molecule has 0 aromatic heterocycles. The Morgan fingerprint density at radius 2 is 2.00 bits per heavy atom. The molecule has 0 amide bonds. The molecule has 90 valence electrons. The van der Waals surface area contributed by atoms with Gasteiger partial charge in [0.05, 0.1) is 13.2 Å². The SMILES string of the molecule is CCN(C)CCOCC(C)N1CCCC1. The fraction of sp³-hybridized carbons (Fsp3) is 1.00. The van der Waals surface area contributed by atoms with Crippen LogP contribution in [-0.4, -0.2) is 62.3 Å². The van der Waals surface area contributed by atoms with Crippen LogP contribution in [0.2, 0.25) is 0 Å². The van der Waals surface area contributed by atoms with Crippen molar-refractivity contribution in [3.05, 3.63) is 0 Å². The highest BCUT2D eigenvalue weighted by Crippen LogP contribution is 2.11. The molecule has 3 heteroatoms. The summed E-state index contributed by atoms with van der Waals surface area (Å²) in [5.41, 5.74) is 0. The summed E-state index contributed by atoms with van der Waals surface area (Å²) in [6, 6.07) is 0.597. The summed E-state index contributed by atoms with van der Waals surface area (Å²) in [6.45, 7) is 10.9. The maximum atomic E-state index is 5.70. The van der Waals surface area contributed by atoms with Crippen LogP contribution in [0.15, 0.2) is 0 Å². The predicted octanol–water partition coefficient (Wildman–Crippen LogP) is 1.44. The van der Waals surface area contributed by atoms with Gasteiger partial charge in [0.2, 0.25) is 0 Å². The van der Waals surface area contributed by atoms with Gasteiger partial charge in [-0.2, -0.15) is 0 Å². The summed E-state index contributed by atoms with van der Waals surface area (Å²) in [7, 11) is 2.13. The third-order valence-electron chi connectivity index (χ3n) is 3.28. The molecule has 0 radical (unpaired) electrons. The lowest BCUT2D eigenvalue weighted by molar-refractivity contribution is 0.0653. The second-order valence-electron chi connectivity index (χ2n) is 4.56. The quantitative estimate of drug-likeness (QED) is 0.596. The van der Waals surface area contributed by atoms with Gasteiger partial charge in [-0.3, -0.25) is 4.90 Å². The Bertz CT molecular complexity index is 158. The summed E-state index contributed by atoms with van der Waals surface area (Å²) in [5.74, 6) is 0. The van der Waals surface area contributed by atoms with Gasteiger partial charge < -0.3 is 9.64 Å². The number of ether oxygens (including phenoxy) is 1. The molecule has 1 atom stereocenters. The third-order valence-corrected chi connectivity index (χ3v) is 3.28. The Labute approximate surface area is 94.4 Å². The van der Waals surface area contributed by atoms with Crippen molar-refractivity contribution in [2.75, 3.05) is 46.4 Å². The zero-order valence-electron chi connectivity index (χ0n) is 10.5. The molecular formula is C12H26N2O. The van der Waals surface area contributed by atoms with Crippen LogP contribution in [0.5, 0.6) is 0 Å². The lowest BCUT2D eigenvalue weighted by atomic mass is 10.3. The van der Waals surface area contributed by atoms with Crippen molar-refractivity contribution in [1.29, 1.82) is 0 Å². The van der Waals surface area contributed by atoms with E-state index >= 15 is 0 Å². The van der Waals surface area contributed by atoms with Gasteiger partial charge in [0.1, 0.15) is 0 Å². The van der Waals surface area contributed by atoms with Gasteiger partial charge in [-0.15, -0.1) is 0 Å². The van der Waals surface area contributed by atoms with Crippen molar-refractivity contribution in [2.24, 2.45) is 0 Å². The Morgan fingerprint density at radius 1 is 1.33 bits per heavy atom. The monoisotopic (exact) mass is 214 g/mol. The standard InChI is InChI=1S/C12H26N2O/c1-4-13(3)9-10-15-11-12(2)14-7-5-6-8-14/h12H,4-11H2,1-3H3. The van der Waals surface area contributed by atoms with E-state index in [1.54, 1.807) is 0 Å². The molecule has 15 heavy (non-hydrogen) atoms. The van der Waals surface area contributed by atoms with Crippen LogP contribution in [0.3, 0.4) is 0 Å². The second kappa shape index (κ2) is 7.20. The number of rotatable bonds is 7. The predicted molar refractivity (Wildman–Crippen MR) is 64.3 cm³/mol. The molecule has 1 unspecified atom stereocenters. The molecule has 1 saturated heterocycles. The highest BCUT2D eigenvalue weighted by atomic mass is 16.5. The molecule has 0 aromatic rings. The largest absolute Gasteiger partial charge is 0.379 e. The van der Waals surface area contributed by atoms with E-state index < -0.39 is 0 Å². The van der Waals surface area contributed by atoms with Crippen molar-refractivity contribution in [3.8, 4) is 0 Å². The topological polar surface area (TPSA) is 15.7 Å². The van der Waals surface area contributed by atoms with Crippen LogP contribution >= 0.6 is 0 Å². The average molecular weight is 214 g/mol. The maximum absolute atomic E-state index is 5.70. The first-order valence-electron chi connectivity index (χ1n) is 6.24. The summed E-state index contributed by atoms with van der Waals surface area (Å²) in [6.07, 6.45) is 2.73. The van der Waals surface area contributed by atoms with Gasteiger partial charge in [0, 0.05) is 12.6 Å². The first-order chi connectivity index (χ1) is 7.24. The fourth-order valence-electron chi connectivity index (χ4n) is 1.92. The first-order valence-corrected chi connectivity index (χ1v) is 6.24. The van der Waals surface area contributed by atoms with Crippen LogP contribution in [0.1, 0.15) is 26.7 Å². The van der Waals surface area contributed by atoms with Gasteiger partial charge >= 0.3 is 0 Å². The van der Waals surface area contributed by atoms with Crippen molar-refractivity contribution in [1.82, 2.24) is 9.80 Å². The van der Waals surface area contributed by atoms with Crippen LogP contribution in [0.25, 0.3) is 0 Å². The van der Waals surface area contributed by atoms with Crippen molar-refractivity contribution in [3.63, 3.8) is 0 Å². The minimum Gasteiger partial charge on any atom is -0.379 e. The smallest absolute Gasteiger partial charge is 0.0619 e. The number of hydrogen-bond acceptors (Lipinski definition) is 3. The zero-order chi connectivity index (χ0) is 11.1. The first kappa shape index (κ1) is 12.9. The van der Waals surface area contributed by atoms with E-state index in [1.807, 2.05) is 0 Å². The van der Waals surface area contributed by atoms with Gasteiger partial charge in [-0.25, -0.2) is 0 Å². The summed E-state index contributed by atoms with van der Waals surface area (Å²) >= 11 is 0. The molecule has 0 bridgehead atoms. The molecular weight excluding hydrogens is 188 g/mol. The van der Waals surface area contributed by atoms with Crippen LogP contribution in [0.4, 0.5) is 0 Å². The summed E-state index contributed by atoms with van der Waals surface area (Å²) in [5, 5.41) is 0. The average Bonchev–Trinajstić information content (AvgIpc) is 2.77. The van der Waals surface area contributed by atoms with Crippen molar-refractivity contribution < 1.29 is 4.74 Å². The number of hydrogen-bond donors (Lipinski definition) is 0. The van der Waals surface area contributed by atoms with Crippen molar-refractivity contribution in [2.45, 2.75) is 32.7 Å². The van der Waals surface area contributed by atoms with E-state index in [1.165, 1.54) is 25.9 Å². The Balaban J connectivity index is 1.99. The molecule has 0 N–H and O–H groups in total. The lowest BCUT2D eigenvalue weighted by Crippen LogP contribution is -2.34. The maximum Gasteiger partial charge on any atom is 0.0619 e. The molecule has 1 aliphatic heterocycles. The van der Waals surface area contributed by atoms with E-state index in [-0.39, 0.29) is 0 Å². The Hall–Kier alpha value is -0.120. The number of likely N-dealkylation sites (tertiary alicyclic amines) is 1. The number of nitrogens with zero attached hydrogens (tertiary/aromatic N) is 2. The molecule has 0 saturated carbocycles. The van der Waals surface area contributed by atoms with Gasteiger partial charge in [-0.05, 0) is 46.4 Å². The lowest BCUT2D eigenvalue weighted by Gasteiger charge is -2.24. The normalized spacial score (nSPS) is 20.0. The van der Waals surface area contributed by atoms with Crippen LogP contribution in [-0.2, 0) is 4.74 Å². The van der Waals surface area contributed by atoms with Gasteiger partial charge in [-0.1, -0.05) is 6.92 Å². The minimum absolute atomic E-state index is 0.597. The Kier molecular flexibility index (Phi) is 6.22. The van der Waals surface area contributed by atoms with Crippen LogP contribution in [0, 0.1) is 0 Å². The second-order valence-corrected chi connectivity index (χ2v) is 4.56. The molecule has 1 aliphatic rings. The molecule has 0 aromatic carbocycles. The highest BCUT2D eigenvalue weighted by molar-refractivity contribution is 4.72. The molecule has 1 heterocycles. The molecule has 1 fully saturated rings. The van der Waals surface area contributed by atoms with Gasteiger partial charge in [0.15, 0.2) is 0 Å². The van der Waals surface area contributed by atoms with E-state index in [0.29, 0.717) is 6.04 Å². The highest BCUT2D eigenvalue weighted by Gasteiger charge is 2.17. The summed E-state index contributed by atoms with van der Waals surface area (Å²) in [4.78, 5) is 4.81. The molecule has 0 aliphatic carbocycles. The molecule has 3 nitrogen and oxygen atoms in total. The van der Waals surface area contributed by atoms with E-state index in [4.69, 9.17) is 4.74 Å². The zero-order valence-corrected chi connectivity index (χ0v) is 10.5. The molecule has 1 rings (SSSR count). The van der Waals surface area contributed by atoms with E-state index in [9.17, 15) is 0 Å². The van der Waals surface area contributed by atoms with Crippen molar-refractivity contribution >= 4 is 0 Å². The Morgan fingerprint density at radius 3 is 2.60 bits per heavy atom.